The van der Waals surface area contributed by atoms with Gasteiger partial charge in [0.05, 0.1) is 23.1 Å². The molecule has 0 aromatic heterocycles. The van der Waals surface area contributed by atoms with E-state index in [9.17, 15) is 18.0 Å². The van der Waals surface area contributed by atoms with Crippen LogP contribution in [0.4, 0.5) is 0 Å². The number of methoxy groups -OCH3 is 1. The molecule has 0 amide bonds. The van der Waals surface area contributed by atoms with Crippen LogP contribution >= 0.6 is 0 Å². The minimum atomic E-state index is -3.68. The number of benzene rings is 2. The molecule has 2 rings (SSSR count). The van der Waals surface area contributed by atoms with Gasteiger partial charge in [0.15, 0.2) is 6.61 Å². The summed E-state index contributed by atoms with van der Waals surface area (Å²) in [5.74, 6) is -0.755. The summed E-state index contributed by atoms with van der Waals surface area (Å²) in [4.78, 5) is 24.3. The number of para-hydroxylation sites is 1. The van der Waals surface area contributed by atoms with Crippen LogP contribution in [0.25, 0.3) is 0 Å². The van der Waals surface area contributed by atoms with Crippen LogP contribution in [0.5, 0.6) is 5.75 Å². The second-order valence-electron chi connectivity index (χ2n) is 5.36. The highest BCUT2D eigenvalue weighted by atomic mass is 32.2. The van der Waals surface area contributed by atoms with Gasteiger partial charge in [-0.3, -0.25) is 4.79 Å². The quantitative estimate of drug-likeness (QED) is 0.401. The van der Waals surface area contributed by atoms with E-state index in [4.69, 9.17) is 9.47 Å². The molecule has 0 heterocycles. The van der Waals surface area contributed by atoms with Crippen molar-refractivity contribution >= 4 is 21.8 Å². The first kappa shape index (κ1) is 20.3. The highest BCUT2D eigenvalue weighted by molar-refractivity contribution is 7.89. The number of carbonyl (C=O) groups is 2. The van der Waals surface area contributed by atoms with Crippen LogP contribution in [0.1, 0.15) is 20.7 Å². The van der Waals surface area contributed by atoms with Crippen molar-refractivity contribution in [1.29, 1.82) is 0 Å². The molecule has 0 aliphatic rings. The van der Waals surface area contributed by atoms with Crippen LogP contribution in [-0.4, -0.2) is 40.4 Å². The zero-order valence-corrected chi connectivity index (χ0v) is 15.5. The van der Waals surface area contributed by atoms with Crippen molar-refractivity contribution in [3.8, 4) is 5.75 Å². The third-order valence-corrected chi connectivity index (χ3v) is 5.00. The fourth-order valence-corrected chi connectivity index (χ4v) is 3.19. The second-order valence-corrected chi connectivity index (χ2v) is 7.13. The normalized spacial score (nSPS) is 10.9. The average molecular weight is 389 g/mol. The van der Waals surface area contributed by atoms with E-state index >= 15 is 0 Å². The Hall–Kier alpha value is -2.97. The van der Waals surface area contributed by atoms with Crippen LogP contribution < -0.4 is 9.46 Å². The van der Waals surface area contributed by atoms with Gasteiger partial charge in [-0.05, 0) is 36.4 Å². The molecule has 1 N–H and O–H groups in total. The molecule has 27 heavy (non-hydrogen) atoms. The standard InChI is InChI=1S/C19H19NO6S/c1-3-12-20-27(23,24)15-10-8-14(9-11-15)19(22)26-13-17(21)16-6-4-5-7-18(16)25-2/h3-11,20H,1,12-13H2,2H3. The number of sulfonamides is 1. The number of Topliss-reactive ketones (excluding diaryl/α,β-unsaturated/α-hetero) is 1. The molecule has 0 bridgehead atoms. The molecular formula is C19H19NO6S. The molecule has 0 saturated heterocycles. The topological polar surface area (TPSA) is 98.8 Å². The first-order chi connectivity index (χ1) is 12.9. The van der Waals surface area contributed by atoms with Crippen molar-refractivity contribution in [2.45, 2.75) is 4.90 Å². The SMILES string of the molecule is C=CCNS(=O)(=O)c1ccc(C(=O)OCC(=O)c2ccccc2OC)cc1. The number of esters is 1. The third-order valence-electron chi connectivity index (χ3n) is 3.56. The van der Waals surface area contributed by atoms with Gasteiger partial charge in [-0.2, -0.15) is 0 Å². The molecule has 0 radical (unpaired) electrons. The van der Waals surface area contributed by atoms with Gasteiger partial charge >= 0.3 is 5.97 Å². The molecule has 7 nitrogen and oxygen atoms in total. The molecule has 0 saturated carbocycles. The first-order valence-electron chi connectivity index (χ1n) is 7.93. The molecule has 2 aromatic rings. The van der Waals surface area contributed by atoms with E-state index in [1.165, 1.54) is 37.5 Å². The van der Waals surface area contributed by atoms with Crippen molar-refractivity contribution in [3.63, 3.8) is 0 Å². The first-order valence-corrected chi connectivity index (χ1v) is 9.41. The lowest BCUT2D eigenvalue weighted by molar-refractivity contribution is 0.0474. The smallest absolute Gasteiger partial charge is 0.338 e. The van der Waals surface area contributed by atoms with E-state index in [0.717, 1.165) is 0 Å². The summed E-state index contributed by atoms with van der Waals surface area (Å²) in [6.45, 7) is 3.07. The van der Waals surface area contributed by atoms with Crippen molar-refractivity contribution in [2.24, 2.45) is 0 Å². The number of ether oxygens (including phenoxy) is 2. The van der Waals surface area contributed by atoms with Gasteiger partial charge in [-0.25, -0.2) is 17.9 Å². The molecular weight excluding hydrogens is 370 g/mol. The number of hydrogen-bond acceptors (Lipinski definition) is 6. The summed E-state index contributed by atoms with van der Waals surface area (Å²) in [6.07, 6.45) is 1.42. The fraction of sp³-hybridized carbons (Fsp3) is 0.158. The van der Waals surface area contributed by atoms with Crippen LogP contribution in [-0.2, 0) is 14.8 Å². The average Bonchev–Trinajstić information content (AvgIpc) is 2.70. The Morgan fingerprint density at radius 1 is 1.11 bits per heavy atom. The van der Waals surface area contributed by atoms with Gasteiger partial charge in [0.25, 0.3) is 0 Å². The van der Waals surface area contributed by atoms with E-state index in [0.29, 0.717) is 11.3 Å². The zero-order chi connectivity index (χ0) is 19.9. The molecule has 2 aromatic carbocycles. The number of rotatable bonds is 9. The summed E-state index contributed by atoms with van der Waals surface area (Å²) in [5.41, 5.74) is 0.438. The minimum Gasteiger partial charge on any atom is -0.496 e. The molecule has 0 aliphatic carbocycles. The largest absolute Gasteiger partial charge is 0.496 e. The summed E-state index contributed by atoms with van der Waals surface area (Å²) in [7, 11) is -2.23. The van der Waals surface area contributed by atoms with E-state index in [1.54, 1.807) is 24.3 Å². The molecule has 8 heteroatoms. The van der Waals surface area contributed by atoms with E-state index < -0.39 is 28.4 Å². The number of carbonyl (C=O) groups excluding carboxylic acids is 2. The van der Waals surface area contributed by atoms with Crippen LogP contribution in [0.3, 0.4) is 0 Å². The van der Waals surface area contributed by atoms with Crippen molar-refractivity contribution in [1.82, 2.24) is 4.72 Å². The second kappa shape index (κ2) is 9.11. The Morgan fingerprint density at radius 2 is 1.78 bits per heavy atom. The van der Waals surface area contributed by atoms with Crippen LogP contribution in [0, 0.1) is 0 Å². The summed E-state index contributed by atoms with van der Waals surface area (Å²) in [6, 6.07) is 11.8. The molecule has 0 atom stereocenters. The van der Waals surface area contributed by atoms with Gasteiger partial charge in [0.2, 0.25) is 15.8 Å². The summed E-state index contributed by atoms with van der Waals surface area (Å²) < 4.78 is 36.4. The number of ketones is 1. The lowest BCUT2D eigenvalue weighted by atomic mass is 10.1. The predicted octanol–water partition coefficient (Wildman–Crippen LogP) is 2.20. The molecule has 142 valence electrons. The maximum atomic E-state index is 12.2. The van der Waals surface area contributed by atoms with Gasteiger partial charge in [0, 0.05) is 6.54 Å². The minimum absolute atomic E-state index is 0.00555. The molecule has 0 spiro atoms. The van der Waals surface area contributed by atoms with E-state index in [1.807, 2.05) is 0 Å². The van der Waals surface area contributed by atoms with Crippen LogP contribution in [0.15, 0.2) is 66.1 Å². The maximum absolute atomic E-state index is 12.2. The van der Waals surface area contributed by atoms with Gasteiger partial charge in [-0.1, -0.05) is 18.2 Å². The van der Waals surface area contributed by atoms with E-state index in [2.05, 4.69) is 11.3 Å². The number of nitrogens with one attached hydrogen (secondary N) is 1. The predicted molar refractivity (Wildman–Crippen MR) is 99.4 cm³/mol. The third kappa shape index (κ3) is 5.25. The lowest BCUT2D eigenvalue weighted by Gasteiger charge is -2.08. The van der Waals surface area contributed by atoms with Gasteiger partial charge < -0.3 is 9.47 Å². The molecule has 0 unspecified atom stereocenters. The lowest BCUT2D eigenvalue weighted by Crippen LogP contribution is -2.23. The Bertz CT molecular complexity index is 935. The Kier molecular flexibility index (Phi) is 6.86. The van der Waals surface area contributed by atoms with Crippen molar-refractivity contribution < 1.29 is 27.5 Å². The zero-order valence-electron chi connectivity index (χ0n) is 14.7. The fourth-order valence-electron chi connectivity index (χ4n) is 2.19. The van der Waals surface area contributed by atoms with Gasteiger partial charge in [-0.15, -0.1) is 6.58 Å². The van der Waals surface area contributed by atoms with Crippen LogP contribution in [0.2, 0.25) is 0 Å². The summed E-state index contributed by atoms with van der Waals surface area (Å²) >= 11 is 0. The molecule has 0 aliphatic heterocycles. The monoisotopic (exact) mass is 389 g/mol. The van der Waals surface area contributed by atoms with Gasteiger partial charge in [0.1, 0.15) is 5.75 Å². The Morgan fingerprint density at radius 3 is 2.41 bits per heavy atom. The van der Waals surface area contributed by atoms with Crippen molar-refractivity contribution in [2.75, 3.05) is 20.3 Å². The Labute approximate surface area is 157 Å². The van der Waals surface area contributed by atoms with Crippen molar-refractivity contribution in [3.05, 3.63) is 72.3 Å². The maximum Gasteiger partial charge on any atom is 0.338 e. The molecule has 0 fully saturated rings. The number of hydrogen-bond donors (Lipinski definition) is 1. The highest BCUT2D eigenvalue weighted by Gasteiger charge is 2.17. The highest BCUT2D eigenvalue weighted by Crippen LogP contribution is 2.18. The Balaban J connectivity index is 2.02. The van der Waals surface area contributed by atoms with E-state index in [-0.39, 0.29) is 17.0 Å². The summed E-state index contributed by atoms with van der Waals surface area (Å²) in [5, 5.41) is 0.